The number of carbonyl (C=O) groups is 4. The fourth-order valence-corrected chi connectivity index (χ4v) is 6.49. The van der Waals surface area contributed by atoms with E-state index < -0.39 is 71.8 Å². The van der Waals surface area contributed by atoms with Crippen LogP contribution in [-0.2, 0) is 33.5 Å². The molecule has 67 heavy (non-hydrogen) atoms. The summed E-state index contributed by atoms with van der Waals surface area (Å²) in [6, 6.07) is 16.2. The number of nitrogens with one attached hydrogen (secondary N) is 1. The van der Waals surface area contributed by atoms with Crippen LogP contribution in [0.15, 0.2) is 89.3 Å². The van der Waals surface area contributed by atoms with Gasteiger partial charge in [0.05, 0.1) is 57.4 Å². The number of morpholine rings is 2. The molecule has 2 fully saturated rings. The van der Waals surface area contributed by atoms with Crippen molar-refractivity contribution in [2.24, 2.45) is 0 Å². The largest absolute Gasteiger partial charge is 0.471 e. The molecule has 0 radical (unpaired) electrons. The molecular formula is C43H37F10N7O7. The normalized spacial score (nSPS) is 14.2. The first-order valence-electron chi connectivity index (χ1n) is 19.9. The van der Waals surface area contributed by atoms with E-state index in [2.05, 4.69) is 14.6 Å². The van der Waals surface area contributed by atoms with Crippen molar-refractivity contribution < 1.29 is 77.0 Å². The quantitative estimate of drug-likeness (QED) is 0.109. The topological polar surface area (TPSA) is 151 Å². The van der Waals surface area contributed by atoms with Crippen LogP contribution >= 0.6 is 0 Å². The van der Waals surface area contributed by atoms with Gasteiger partial charge in [0.25, 0.3) is 0 Å². The Labute approximate surface area is 373 Å². The Balaban J connectivity index is 0.000000221. The minimum atomic E-state index is -5.10. The third-order valence-electron chi connectivity index (χ3n) is 9.92. The molecule has 1 N–H and O–H groups in total. The van der Waals surface area contributed by atoms with Crippen molar-refractivity contribution in [1.29, 1.82) is 0 Å². The number of benzene rings is 4. The molecule has 24 heteroatoms. The molecular weight excluding hydrogens is 916 g/mol. The molecule has 7 rings (SSSR count). The van der Waals surface area contributed by atoms with Crippen LogP contribution in [0.3, 0.4) is 0 Å². The van der Waals surface area contributed by atoms with E-state index in [1.54, 1.807) is 0 Å². The number of hydrogen-bond donors (Lipinski definition) is 1. The first-order valence-corrected chi connectivity index (χ1v) is 19.9. The predicted molar refractivity (Wildman–Crippen MR) is 215 cm³/mol. The number of ether oxygens (including phenoxy) is 2. The van der Waals surface area contributed by atoms with Gasteiger partial charge in [-0.1, -0.05) is 36.4 Å². The van der Waals surface area contributed by atoms with Crippen molar-refractivity contribution in [1.82, 2.24) is 25.3 Å². The second-order valence-corrected chi connectivity index (χ2v) is 14.5. The van der Waals surface area contributed by atoms with Crippen molar-refractivity contribution >= 4 is 35.1 Å². The summed E-state index contributed by atoms with van der Waals surface area (Å²) in [7, 11) is 0. The maximum absolute atomic E-state index is 14.5. The summed E-state index contributed by atoms with van der Waals surface area (Å²) in [4.78, 5) is 54.4. The summed E-state index contributed by atoms with van der Waals surface area (Å²) in [5.41, 5.74) is 1.03. The number of halogens is 10. The number of amides is 5. The van der Waals surface area contributed by atoms with Crippen molar-refractivity contribution in [2.45, 2.75) is 25.4 Å². The van der Waals surface area contributed by atoms with Crippen LogP contribution in [-0.4, -0.2) is 109 Å². The van der Waals surface area contributed by atoms with Gasteiger partial charge in [-0.05, 0) is 47.5 Å². The number of carbonyl (C=O) groups excluding carboxylic acids is 4. The number of hydrogen-bond acceptors (Lipinski definition) is 9. The van der Waals surface area contributed by atoms with Gasteiger partial charge in [-0.2, -0.15) is 26.3 Å². The average Bonchev–Trinajstić information content (AvgIpc) is 3.82. The minimum Gasteiger partial charge on any atom is -0.413 e. The zero-order chi connectivity index (χ0) is 48.5. The van der Waals surface area contributed by atoms with Gasteiger partial charge in [-0.3, -0.25) is 19.4 Å². The lowest BCUT2D eigenvalue weighted by Crippen LogP contribution is -2.48. The summed E-state index contributed by atoms with van der Waals surface area (Å²) < 4.78 is 146. The maximum atomic E-state index is 14.5. The highest BCUT2D eigenvalue weighted by atomic mass is 19.4. The van der Waals surface area contributed by atoms with Crippen LogP contribution in [0.4, 0.5) is 64.9 Å². The van der Waals surface area contributed by atoms with Gasteiger partial charge >= 0.3 is 36.2 Å². The Kier molecular flexibility index (Phi) is 15.8. The molecule has 0 atom stereocenters. The van der Waals surface area contributed by atoms with E-state index in [-0.39, 0.29) is 54.6 Å². The third kappa shape index (κ3) is 13.1. The zero-order valence-corrected chi connectivity index (χ0v) is 34.7. The second kappa shape index (κ2) is 21.5. The Morgan fingerprint density at radius 2 is 1.06 bits per heavy atom. The lowest BCUT2D eigenvalue weighted by molar-refractivity contribution is -0.173. The Hall–Kier alpha value is -7.08. The van der Waals surface area contributed by atoms with Gasteiger partial charge in [0.1, 0.15) is 23.3 Å². The standard InChI is InChI=1S/C22H20F5N3O4.C21H17F5N4O3/c23-16-5-6-18(17(24)11-16)30(21(33)29-7-9-34-10-8-29)13-14-1-3-15(4-2-14)19(31)12-28-20(32)22(25,26)27;22-15-5-6-17(16(23)11-15)30(20(31)29-7-9-32-10-8-29)12-13-1-3-14(4-2-13)18-27-28-19(33-18)21(24,25)26/h1-6,11H,7-10,12-13H2,(H,28,32);1-6,11H,7-10,12H2. The van der Waals surface area contributed by atoms with Crippen LogP contribution in [0.2, 0.25) is 0 Å². The minimum absolute atomic E-state index is 0.0326. The molecule has 1 aromatic heterocycles. The van der Waals surface area contributed by atoms with E-state index in [1.807, 2.05) is 0 Å². The van der Waals surface area contributed by atoms with Crippen LogP contribution < -0.4 is 15.1 Å². The Morgan fingerprint density at radius 3 is 1.46 bits per heavy atom. The van der Waals surface area contributed by atoms with Gasteiger partial charge < -0.3 is 29.0 Å². The molecule has 4 aromatic carbocycles. The van der Waals surface area contributed by atoms with Gasteiger partial charge in [-0.15, -0.1) is 10.2 Å². The van der Waals surface area contributed by atoms with Crippen molar-refractivity contribution in [2.75, 3.05) is 69.0 Å². The monoisotopic (exact) mass is 953 g/mol. The van der Waals surface area contributed by atoms with Gasteiger partial charge in [-0.25, -0.2) is 27.2 Å². The van der Waals surface area contributed by atoms with Crippen LogP contribution in [0, 0.1) is 23.3 Å². The van der Waals surface area contributed by atoms with Crippen LogP contribution in [0.25, 0.3) is 11.5 Å². The first-order chi connectivity index (χ1) is 31.8. The molecule has 2 aliphatic heterocycles. The number of anilines is 2. The summed E-state index contributed by atoms with van der Waals surface area (Å²) >= 11 is 0. The van der Waals surface area contributed by atoms with Crippen LogP contribution in [0.1, 0.15) is 27.4 Å². The lowest BCUT2D eigenvalue weighted by atomic mass is 10.1. The molecule has 5 amide bonds. The molecule has 14 nitrogen and oxygen atoms in total. The van der Waals surface area contributed by atoms with Crippen molar-refractivity contribution in [3.63, 3.8) is 0 Å². The fraction of sp³-hybridized carbons (Fsp3) is 0.302. The second-order valence-electron chi connectivity index (χ2n) is 14.5. The molecule has 5 aromatic rings. The summed E-state index contributed by atoms with van der Waals surface area (Å²) in [5.74, 6) is -8.19. The van der Waals surface area contributed by atoms with Crippen molar-refractivity contribution in [3.8, 4) is 11.5 Å². The number of nitrogens with zero attached hydrogens (tertiary/aromatic N) is 6. The predicted octanol–water partition coefficient (Wildman–Crippen LogP) is 7.78. The average molecular weight is 954 g/mol. The van der Waals surface area contributed by atoms with Gasteiger partial charge in [0.2, 0.25) is 5.89 Å². The molecule has 2 aliphatic rings. The fourth-order valence-electron chi connectivity index (χ4n) is 6.49. The van der Waals surface area contributed by atoms with Crippen molar-refractivity contribution in [3.05, 3.63) is 131 Å². The molecule has 0 unspecified atom stereocenters. The Bertz CT molecular complexity index is 2530. The number of rotatable bonds is 10. The highest BCUT2D eigenvalue weighted by molar-refractivity contribution is 6.00. The number of Topliss-reactive ketones (excluding diaryl/α,β-unsaturated/α-hetero) is 1. The van der Waals surface area contributed by atoms with Gasteiger partial charge in [0.15, 0.2) is 5.78 Å². The maximum Gasteiger partial charge on any atom is 0.471 e. The third-order valence-corrected chi connectivity index (χ3v) is 9.92. The van der Waals surface area contributed by atoms with E-state index in [0.717, 1.165) is 23.1 Å². The van der Waals surface area contributed by atoms with E-state index in [0.29, 0.717) is 62.8 Å². The molecule has 0 saturated carbocycles. The summed E-state index contributed by atoms with van der Waals surface area (Å²) in [6.45, 7) is 1.46. The summed E-state index contributed by atoms with van der Waals surface area (Å²) in [6.07, 6.45) is -9.86. The number of ketones is 1. The van der Waals surface area contributed by atoms with Gasteiger partial charge in [0, 0.05) is 49.4 Å². The van der Waals surface area contributed by atoms with Crippen LogP contribution in [0.5, 0.6) is 0 Å². The van der Waals surface area contributed by atoms with E-state index in [4.69, 9.17) is 9.47 Å². The number of alkyl halides is 6. The molecule has 356 valence electrons. The first kappa shape index (κ1) is 49.4. The van der Waals surface area contributed by atoms with E-state index >= 15 is 0 Å². The Morgan fingerprint density at radius 1 is 0.612 bits per heavy atom. The number of aromatic nitrogens is 2. The molecule has 3 heterocycles. The van der Waals surface area contributed by atoms with E-state index in [1.165, 1.54) is 74.6 Å². The molecule has 0 aliphatic carbocycles. The molecule has 0 spiro atoms. The zero-order valence-electron chi connectivity index (χ0n) is 34.7. The number of urea groups is 2. The SMILES string of the molecule is O=C(CNC(=O)C(F)(F)F)c1ccc(CN(C(=O)N2CCOCC2)c2ccc(F)cc2F)cc1.O=C(N1CCOCC1)N(Cc1ccc(-c2nnc(C(F)(F)F)o2)cc1)c1ccc(F)cc1F. The molecule has 0 bridgehead atoms. The highest BCUT2D eigenvalue weighted by Crippen LogP contribution is 2.31. The molecule has 2 saturated heterocycles. The summed E-state index contributed by atoms with van der Waals surface area (Å²) in [5, 5.41) is 7.88. The highest BCUT2D eigenvalue weighted by Gasteiger charge is 2.39. The smallest absolute Gasteiger partial charge is 0.413 e. The lowest BCUT2D eigenvalue weighted by Gasteiger charge is -2.33. The van der Waals surface area contributed by atoms with E-state index in [9.17, 15) is 63.1 Å².